The molecule has 4 aromatic rings. The number of aromatic nitrogens is 3. The fourth-order valence-corrected chi connectivity index (χ4v) is 6.19. The summed E-state index contributed by atoms with van der Waals surface area (Å²) in [6, 6.07) is 7.87. The second-order valence-corrected chi connectivity index (χ2v) is 11.5. The van der Waals surface area contributed by atoms with Crippen LogP contribution in [0.5, 0.6) is 0 Å². The van der Waals surface area contributed by atoms with Crippen molar-refractivity contribution < 1.29 is 17.6 Å². The van der Waals surface area contributed by atoms with E-state index in [-0.39, 0.29) is 50.2 Å². The van der Waals surface area contributed by atoms with Crippen molar-refractivity contribution in [2.45, 2.75) is 37.6 Å². The Kier molecular flexibility index (Phi) is 5.24. The number of hydrogen-bond acceptors (Lipinski definition) is 7. The number of fused-ring (bicyclic) bond motifs is 2. The zero-order valence-electron chi connectivity index (χ0n) is 21.0. The Morgan fingerprint density at radius 1 is 1.00 bits per heavy atom. The van der Waals surface area contributed by atoms with Crippen molar-refractivity contribution >= 4 is 38.3 Å². The predicted octanol–water partition coefficient (Wildman–Crippen LogP) is 2.12. The summed E-state index contributed by atoms with van der Waals surface area (Å²) in [5.41, 5.74) is -1.32. The molecule has 0 saturated heterocycles. The molecule has 1 fully saturated rings. The van der Waals surface area contributed by atoms with E-state index in [9.17, 15) is 32.0 Å². The van der Waals surface area contributed by atoms with Crippen molar-refractivity contribution in [2.24, 2.45) is 7.05 Å². The third-order valence-corrected chi connectivity index (χ3v) is 8.49. The minimum Gasteiger partial charge on any atom is -0.338 e. The van der Waals surface area contributed by atoms with Crippen molar-refractivity contribution in [3.8, 4) is 5.69 Å². The number of sulfonamides is 1. The topological polar surface area (TPSA) is 141 Å². The molecule has 2 N–H and O–H groups in total. The van der Waals surface area contributed by atoms with E-state index < -0.39 is 38.6 Å². The molecule has 0 unspecified atom stereocenters. The van der Waals surface area contributed by atoms with Gasteiger partial charge in [-0.3, -0.25) is 28.1 Å². The first-order chi connectivity index (χ1) is 18.4. The quantitative estimate of drug-likeness (QED) is 0.396. The van der Waals surface area contributed by atoms with Gasteiger partial charge in [-0.2, -0.15) is 0 Å². The highest BCUT2D eigenvalue weighted by Crippen LogP contribution is 2.34. The van der Waals surface area contributed by atoms with E-state index >= 15 is 0 Å². The average Bonchev–Trinajstić information content (AvgIpc) is 3.67. The summed E-state index contributed by atoms with van der Waals surface area (Å²) in [5.74, 6) is -1.43. The van der Waals surface area contributed by atoms with Crippen molar-refractivity contribution in [3.63, 3.8) is 0 Å². The molecule has 2 aromatic carbocycles. The molecule has 1 aliphatic heterocycles. The first kappa shape index (κ1) is 24.8. The molecule has 1 saturated carbocycles. The fourth-order valence-electron chi connectivity index (χ4n) is 5.00. The van der Waals surface area contributed by atoms with Crippen LogP contribution in [0.4, 0.5) is 15.9 Å². The van der Waals surface area contributed by atoms with E-state index in [1.807, 2.05) is 4.72 Å². The molecule has 13 heteroatoms. The zero-order chi connectivity index (χ0) is 28.0. The van der Waals surface area contributed by atoms with Gasteiger partial charge in [-0.15, -0.1) is 0 Å². The van der Waals surface area contributed by atoms with Gasteiger partial charge in [-0.25, -0.2) is 22.3 Å². The second-order valence-electron chi connectivity index (χ2n) is 9.81. The van der Waals surface area contributed by atoms with Crippen LogP contribution >= 0.6 is 0 Å². The van der Waals surface area contributed by atoms with Gasteiger partial charge in [0.05, 0.1) is 22.5 Å². The maximum absolute atomic E-state index is 14.8. The Morgan fingerprint density at radius 3 is 2.38 bits per heavy atom. The summed E-state index contributed by atoms with van der Waals surface area (Å²) in [6.45, 7) is 3.17. The third-order valence-electron chi connectivity index (χ3n) is 7.12. The van der Waals surface area contributed by atoms with Crippen LogP contribution in [-0.4, -0.2) is 28.0 Å². The molecule has 2 aromatic heterocycles. The molecule has 39 heavy (non-hydrogen) atoms. The maximum atomic E-state index is 14.8. The molecule has 1 amide bonds. The Balaban J connectivity index is 1.75. The van der Waals surface area contributed by atoms with Crippen LogP contribution in [0.2, 0.25) is 0 Å². The molecule has 11 nitrogen and oxygen atoms in total. The number of nitrogens with zero attached hydrogens (tertiary/aromatic N) is 3. The van der Waals surface area contributed by atoms with Gasteiger partial charge in [0.25, 0.3) is 27.0 Å². The molecule has 0 spiro atoms. The van der Waals surface area contributed by atoms with Crippen LogP contribution in [0.15, 0.2) is 55.7 Å². The Morgan fingerprint density at radius 2 is 1.72 bits per heavy atom. The number of rotatable bonds is 4. The van der Waals surface area contributed by atoms with Gasteiger partial charge < -0.3 is 5.32 Å². The fraction of sp³-hybridized carbons (Fsp3) is 0.231. The van der Waals surface area contributed by atoms with Crippen LogP contribution in [0.1, 0.15) is 40.4 Å². The monoisotopic (exact) mass is 551 g/mol. The summed E-state index contributed by atoms with van der Waals surface area (Å²) in [7, 11) is -2.73. The number of hydrogen-bond donors (Lipinski definition) is 2. The van der Waals surface area contributed by atoms with Gasteiger partial charge in [-0.05, 0) is 62.6 Å². The van der Waals surface area contributed by atoms with Gasteiger partial charge in [0, 0.05) is 18.7 Å². The predicted molar refractivity (Wildman–Crippen MR) is 141 cm³/mol. The molecule has 0 radical (unpaired) electrons. The largest absolute Gasteiger partial charge is 0.338 e. The molecule has 6 rings (SSSR count). The third kappa shape index (κ3) is 3.64. The van der Waals surface area contributed by atoms with Crippen molar-refractivity contribution in [1.29, 1.82) is 0 Å². The van der Waals surface area contributed by atoms with E-state index in [0.29, 0.717) is 18.4 Å². The van der Waals surface area contributed by atoms with Gasteiger partial charge >= 0.3 is 5.69 Å². The van der Waals surface area contributed by atoms with E-state index in [1.54, 1.807) is 13.0 Å². The van der Waals surface area contributed by atoms with Crippen LogP contribution < -0.4 is 26.8 Å². The second kappa shape index (κ2) is 8.24. The van der Waals surface area contributed by atoms with Gasteiger partial charge in [0.15, 0.2) is 0 Å². The Bertz CT molecular complexity index is 2070. The van der Waals surface area contributed by atoms with Gasteiger partial charge in [-0.1, -0.05) is 6.07 Å². The highest BCUT2D eigenvalue weighted by Gasteiger charge is 2.35. The van der Waals surface area contributed by atoms with Gasteiger partial charge in [0.2, 0.25) is 0 Å². The number of nitrogens with one attached hydrogen (secondary N) is 2. The number of pyridine rings is 1. The van der Waals surface area contributed by atoms with Gasteiger partial charge in [0.1, 0.15) is 21.9 Å². The summed E-state index contributed by atoms with van der Waals surface area (Å²) in [5, 5.41) is 2.83. The molecular formula is C26H22FN5O6S. The Labute approximate surface area is 220 Å². The number of carbonyl (C=O) groups is 1. The number of carbonyl (C=O) groups excluding carboxylic acids is 1. The minimum atomic E-state index is -4.16. The molecule has 200 valence electrons. The highest BCUT2D eigenvalue weighted by molar-refractivity contribution is 7.90. The standard InChI is InChI=1S/C26H22FN5O6S/c1-12-4-9-18(17(27)10-12)28-22-20-21(13(2)24(34)30(22)3)31(26(36)32(25(20)35)14-5-6-14)15-7-8-16-19(11-15)39(37,38)29-23(16)33/h4,7-11,14,28H,5-6H2,1-3H3,(H,29,33). The lowest BCUT2D eigenvalue weighted by molar-refractivity contribution is 0.0985. The van der Waals surface area contributed by atoms with Crippen LogP contribution in [0.25, 0.3) is 16.6 Å². The average molecular weight is 552 g/mol. The molecule has 3 heterocycles. The van der Waals surface area contributed by atoms with E-state index in [2.05, 4.69) is 5.32 Å². The lowest BCUT2D eigenvalue weighted by atomic mass is 10.1. The van der Waals surface area contributed by atoms with E-state index in [0.717, 1.165) is 15.2 Å². The number of benzene rings is 2. The SMILES string of the molecule is Cc1ccc(Nc2c3c(=O)n(C4CC4)c(=O)n(-c4ccc5c(c4)S(=O)(=O)NC5=O)c3c(C)c(=O)n2C)c(F)c1. The smallest absolute Gasteiger partial charge is 0.336 e. The van der Waals surface area contributed by atoms with Crippen LogP contribution in [-0.2, 0) is 17.1 Å². The van der Waals surface area contributed by atoms with Crippen molar-refractivity contribution in [3.05, 3.63) is 90.1 Å². The molecular weight excluding hydrogens is 529 g/mol. The van der Waals surface area contributed by atoms with E-state index in [1.165, 1.54) is 42.8 Å². The normalized spacial score (nSPS) is 15.8. The summed E-state index contributed by atoms with van der Waals surface area (Å²) < 4.78 is 45.2. The number of amides is 1. The lowest BCUT2D eigenvalue weighted by Gasteiger charge is -2.21. The highest BCUT2D eigenvalue weighted by atomic mass is 32.2. The van der Waals surface area contributed by atoms with Crippen LogP contribution in [0.3, 0.4) is 0 Å². The van der Waals surface area contributed by atoms with Crippen molar-refractivity contribution in [1.82, 2.24) is 18.4 Å². The minimum absolute atomic E-state index is 0.0177. The molecule has 1 aliphatic carbocycles. The summed E-state index contributed by atoms with van der Waals surface area (Å²) in [6.07, 6.45) is 1.16. The first-order valence-electron chi connectivity index (χ1n) is 12.1. The number of anilines is 2. The zero-order valence-corrected chi connectivity index (χ0v) is 21.8. The first-order valence-corrected chi connectivity index (χ1v) is 13.5. The Hall–Kier alpha value is -4.52. The molecule has 0 bridgehead atoms. The number of halogens is 1. The summed E-state index contributed by atoms with van der Waals surface area (Å²) in [4.78, 5) is 52.8. The maximum Gasteiger partial charge on any atom is 0.336 e. The number of aryl methyl sites for hydroxylation is 2. The molecule has 0 atom stereocenters. The molecule has 2 aliphatic rings. The van der Waals surface area contributed by atoms with Crippen molar-refractivity contribution in [2.75, 3.05) is 5.32 Å². The summed E-state index contributed by atoms with van der Waals surface area (Å²) >= 11 is 0. The van der Waals surface area contributed by atoms with E-state index in [4.69, 9.17) is 0 Å². The lowest BCUT2D eigenvalue weighted by Crippen LogP contribution is -2.41. The van der Waals surface area contributed by atoms with Crippen LogP contribution in [0, 0.1) is 19.7 Å².